The van der Waals surface area contributed by atoms with Crippen LogP contribution in [0.3, 0.4) is 0 Å². The van der Waals surface area contributed by atoms with Gasteiger partial charge in [-0.3, -0.25) is 0 Å². The van der Waals surface area contributed by atoms with Crippen LogP contribution in [0.4, 0.5) is 15.8 Å². The lowest BCUT2D eigenvalue weighted by molar-refractivity contribution is 0.631. The van der Waals surface area contributed by atoms with E-state index in [1.165, 1.54) is 6.07 Å². The summed E-state index contributed by atoms with van der Waals surface area (Å²) in [6.45, 7) is 1.91. The van der Waals surface area contributed by atoms with E-state index in [2.05, 4.69) is 5.32 Å². The van der Waals surface area contributed by atoms with Crippen LogP contribution in [-0.4, -0.2) is 4.99 Å². The molecule has 0 radical (unpaired) electrons. The van der Waals surface area contributed by atoms with Gasteiger partial charge in [0.05, 0.1) is 5.69 Å². The molecule has 0 atom stereocenters. The number of anilines is 2. The van der Waals surface area contributed by atoms with Gasteiger partial charge in [-0.25, -0.2) is 4.39 Å². The van der Waals surface area contributed by atoms with E-state index in [0.717, 1.165) is 11.3 Å². The van der Waals surface area contributed by atoms with Gasteiger partial charge in [-0.2, -0.15) is 0 Å². The summed E-state index contributed by atoms with van der Waals surface area (Å²) in [5.41, 5.74) is 7.98. The molecule has 0 saturated heterocycles. The third-order valence-electron chi connectivity index (χ3n) is 2.70. The fourth-order valence-corrected chi connectivity index (χ4v) is 1.90. The van der Waals surface area contributed by atoms with Gasteiger partial charge in [0.25, 0.3) is 0 Å². The van der Waals surface area contributed by atoms with Crippen LogP contribution >= 0.6 is 23.8 Å². The van der Waals surface area contributed by atoms with E-state index in [9.17, 15) is 4.39 Å². The number of aryl methyl sites for hydroxylation is 1. The van der Waals surface area contributed by atoms with E-state index in [-0.39, 0.29) is 4.99 Å². The summed E-state index contributed by atoms with van der Waals surface area (Å²) < 4.78 is 13.9. The molecule has 0 amide bonds. The normalized spacial score (nSPS) is 10.3. The zero-order chi connectivity index (χ0) is 14.0. The highest BCUT2D eigenvalue weighted by Gasteiger charge is 2.06. The Kier molecular flexibility index (Phi) is 4.02. The molecule has 0 heterocycles. The fourth-order valence-electron chi connectivity index (χ4n) is 1.60. The van der Waals surface area contributed by atoms with Crippen LogP contribution in [0.2, 0.25) is 5.02 Å². The average Bonchev–Trinajstić information content (AvgIpc) is 2.36. The van der Waals surface area contributed by atoms with Crippen LogP contribution in [0.1, 0.15) is 11.1 Å². The minimum Gasteiger partial charge on any atom is -0.389 e. The maximum Gasteiger partial charge on any atom is 0.147 e. The van der Waals surface area contributed by atoms with E-state index in [4.69, 9.17) is 29.6 Å². The standard InChI is InChI=1S/C14H12ClFN2S/c1-8-2-4-10(7-11(8)15)18-13-5-3-9(14(17)19)6-12(13)16/h2-7,18H,1H3,(H2,17,19). The largest absolute Gasteiger partial charge is 0.389 e. The summed E-state index contributed by atoms with van der Waals surface area (Å²) >= 11 is 10.8. The molecule has 0 spiro atoms. The third-order valence-corrected chi connectivity index (χ3v) is 3.35. The molecule has 0 fully saturated rings. The number of rotatable bonds is 3. The number of thiocarbonyl (C=S) groups is 1. The lowest BCUT2D eigenvalue weighted by Gasteiger charge is -2.10. The Balaban J connectivity index is 2.28. The van der Waals surface area contributed by atoms with E-state index in [1.807, 2.05) is 19.1 Å². The van der Waals surface area contributed by atoms with Crippen molar-refractivity contribution in [2.24, 2.45) is 5.73 Å². The van der Waals surface area contributed by atoms with Crippen LogP contribution in [-0.2, 0) is 0 Å². The first-order valence-corrected chi connectivity index (χ1v) is 6.38. The SMILES string of the molecule is Cc1ccc(Nc2ccc(C(N)=S)cc2F)cc1Cl. The van der Waals surface area contributed by atoms with E-state index in [1.54, 1.807) is 18.2 Å². The lowest BCUT2D eigenvalue weighted by Crippen LogP contribution is -2.09. The molecule has 0 aliphatic carbocycles. The number of nitrogens with one attached hydrogen (secondary N) is 1. The van der Waals surface area contributed by atoms with Crippen molar-refractivity contribution in [3.8, 4) is 0 Å². The lowest BCUT2D eigenvalue weighted by atomic mass is 10.2. The highest BCUT2D eigenvalue weighted by Crippen LogP contribution is 2.25. The molecular formula is C14H12ClFN2S. The van der Waals surface area contributed by atoms with E-state index < -0.39 is 5.82 Å². The average molecular weight is 295 g/mol. The van der Waals surface area contributed by atoms with Crippen molar-refractivity contribution in [1.29, 1.82) is 0 Å². The van der Waals surface area contributed by atoms with Crippen molar-refractivity contribution in [2.75, 3.05) is 5.32 Å². The molecule has 0 unspecified atom stereocenters. The van der Waals surface area contributed by atoms with Gasteiger partial charge in [0.1, 0.15) is 10.8 Å². The molecular weight excluding hydrogens is 283 g/mol. The van der Waals surface area contributed by atoms with Crippen molar-refractivity contribution in [1.82, 2.24) is 0 Å². The smallest absolute Gasteiger partial charge is 0.147 e. The highest BCUT2D eigenvalue weighted by atomic mass is 35.5. The summed E-state index contributed by atoms with van der Waals surface area (Å²) in [5, 5.41) is 3.59. The maximum atomic E-state index is 13.9. The van der Waals surface area contributed by atoms with Gasteiger partial charge in [0.2, 0.25) is 0 Å². The van der Waals surface area contributed by atoms with Gasteiger partial charge >= 0.3 is 0 Å². The van der Waals surface area contributed by atoms with Crippen LogP contribution in [0, 0.1) is 12.7 Å². The molecule has 2 nitrogen and oxygen atoms in total. The van der Waals surface area contributed by atoms with Crippen LogP contribution < -0.4 is 11.1 Å². The van der Waals surface area contributed by atoms with Crippen molar-refractivity contribution >= 4 is 40.2 Å². The molecule has 19 heavy (non-hydrogen) atoms. The summed E-state index contributed by atoms with van der Waals surface area (Å²) in [6, 6.07) is 10.0. The first kappa shape index (κ1) is 13.8. The Hall–Kier alpha value is -1.65. The number of hydrogen-bond acceptors (Lipinski definition) is 2. The predicted octanol–water partition coefficient (Wildman–Crippen LogP) is 4.17. The topological polar surface area (TPSA) is 38.0 Å². The minimum atomic E-state index is -0.415. The maximum absolute atomic E-state index is 13.9. The number of nitrogens with two attached hydrogens (primary N) is 1. The fraction of sp³-hybridized carbons (Fsp3) is 0.0714. The molecule has 5 heteroatoms. The monoisotopic (exact) mass is 294 g/mol. The van der Waals surface area contributed by atoms with Gasteiger partial charge in [-0.1, -0.05) is 29.9 Å². The Bertz CT molecular complexity index is 643. The van der Waals surface area contributed by atoms with E-state index >= 15 is 0 Å². The Morgan fingerprint density at radius 2 is 2.00 bits per heavy atom. The predicted molar refractivity (Wildman–Crippen MR) is 81.8 cm³/mol. The minimum absolute atomic E-state index is 0.170. The van der Waals surface area contributed by atoms with Gasteiger partial charge in [-0.15, -0.1) is 0 Å². The zero-order valence-electron chi connectivity index (χ0n) is 10.2. The molecule has 0 aliphatic rings. The van der Waals surface area contributed by atoms with Crippen LogP contribution in [0.5, 0.6) is 0 Å². The third kappa shape index (κ3) is 3.22. The summed E-state index contributed by atoms with van der Waals surface area (Å²) in [7, 11) is 0. The van der Waals surface area contributed by atoms with Gasteiger partial charge in [0.15, 0.2) is 0 Å². The molecule has 98 valence electrons. The Morgan fingerprint density at radius 1 is 1.26 bits per heavy atom. The second-order valence-corrected chi connectivity index (χ2v) is 4.99. The Morgan fingerprint density at radius 3 is 2.58 bits per heavy atom. The molecule has 0 saturated carbocycles. The first-order valence-electron chi connectivity index (χ1n) is 5.60. The molecule has 0 aliphatic heterocycles. The van der Waals surface area contributed by atoms with Gasteiger partial charge in [-0.05, 0) is 42.8 Å². The summed E-state index contributed by atoms with van der Waals surface area (Å²) in [4.78, 5) is 0.170. The molecule has 2 aromatic carbocycles. The molecule has 2 aromatic rings. The number of hydrogen-bond donors (Lipinski definition) is 2. The zero-order valence-corrected chi connectivity index (χ0v) is 11.8. The number of benzene rings is 2. The van der Waals surface area contributed by atoms with Crippen molar-refractivity contribution in [3.63, 3.8) is 0 Å². The molecule has 2 rings (SSSR count). The first-order chi connectivity index (χ1) is 8.97. The van der Waals surface area contributed by atoms with Crippen LogP contribution in [0.25, 0.3) is 0 Å². The van der Waals surface area contributed by atoms with Crippen molar-refractivity contribution in [2.45, 2.75) is 6.92 Å². The summed E-state index contributed by atoms with van der Waals surface area (Å²) in [6.07, 6.45) is 0. The highest BCUT2D eigenvalue weighted by molar-refractivity contribution is 7.80. The second-order valence-electron chi connectivity index (χ2n) is 4.15. The van der Waals surface area contributed by atoms with Crippen molar-refractivity contribution in [3.05, 3.63) is 58.4 Å². The number of halogens is 2. The van der Waals surface area contributed by atoms with Gasteiger partial charge in [0, 0.05) is 16.3 Å². The summed E-state index contributed by atoms with van der Waals surface area (Å²) in [5.74, 6) is -0.415. The molecule has 3 N–H and O–H groups in total. The Labute approximate surface area is 121 Å². The van der Waals surface area contributed by atoms with E-state index in [0.29, 0.717) is 16.3 Å². The molecule has 0 aromatic heterocycles. The van der Waals surface area contributed by atoms with Crippen molar-refractivity contribution < 1.29 is 4.39 Å². The second kappa shape index (κ2) is 5.55. The van der Waals surface area contributed by atoms with Crippen LogP contribution in [0.15, 0.2) is 36.4 Å². The quantitative estimate of drug-likeness (QED) is 0.835. The molecule has 0 bridgehead atoms. The van der Waals surface area contributed by atoms with Gasteiger partial charge < -0.3 is 11.1 Å².